The highest BCUT2D eigenvalue weighted by atomic mass is 16.6. The molecular formula is C26H25N3O7. The molecule has 10 heteroatoms. The summed E-state index contributed by atoms with van der Waals surface area (Å²) < 4.78 is 5.47. The number of imide groups is 1. The number of nitro benzene ring substituents is 1. The molecule has 3 fully saturated rings. The lowest BCUT2D eigenvalue weighted by molar-refractivity contribution is -0.384. The summed E-state index contributed by atoms with van der Waals surface area (Å²) in [6.45, 7) is 2.20. The van der Waals surface area contributed by atoms with Crippen LogP contribution in [0, 0.1) is 33.8 Å². The van der Waals surface area contributed by atoms with Crippen LogP contribution in [0.1, 0.15) is 32.6 Å². The molecule has 1 saturated carbocycles. The highest BCUT2D eigenvalue weighted by Gasteiger charge is 2.50. The van der Waals surface area contributed by atoms with Crippen LogP contribution in [0.3, 0.4) is 0 Å². The normalized spacial score (nSPS) is 25.8. The zero-order chi connectivity index (χ0) is 25.6. The Hall–Kier alpha value is -4.08. The van der Waals surface area contributed by atoms with E-state index >= 15 is 0 Å². The van der Waals surface area contributed by atoms with Crippen molar-refractivity contribution in [2.24, 2.45) is 23.7 Å². The summed E-state index contributed by atoms with van der Waals surface area (Å²) in [7, 11) is 0. The van der Waals surface area contributed by atoms with Crippen LogP contribution in [-0.2, 0) is 19.2 Å². The van der Waals surface area contributed by atoms with Gasteiger partial charge in [0.25, 0.3) is 5.69 Å². The first-order valence-electron chi connectivity index (χ1n) is 12.0. The molecule has 36 heavy (non-hydrogen) atoms. The molecule has 1 aliphatic carbocycles. The van der Waals surface area contributed by atoms with Gasteiger partial charge in [0.1, 0.15) is 5.75 Å². The summed E-state index contributed by atoms with van der Waals surface area (Å²) in [6, 6.07) is 11.8. The first kappa shape index (κ1) is 23.7. The summed E-state index contributed by atoms with van der Waals surface area (Å²) in [5.74, 6) is -1.74. The van der Waals surface area contributed by atoms with Gasteiger partial charge in [-0.15, -0.1) is 0 Å². The lowest BCUT2D eigenvalue weighted by Gasteiger charge is -2.25. The van der Waals surface area contributed by atoms with Crippen LogP contribution in [0.2, 0.25) is 0 Å². The van der Waals surface area contributed by atoms with E-state index in [0.717, 1.165) is 19.3 Å². The molecule has 3 amide bonds. The second kappa shape index (κ2) is 9.18. The van der Waals surface area contributed by atoms with Crippen molar-refractivity contribution in [2.45, 2.75) is 32.6 Å². The average Bonchev–Trinajstić information content (AvgIpc) is 3.37. The SMILES string of the molecule is C[C@@H]1CC[C@@H]2C(=O)N(c3ccc(OC(=O)[C@@H]4CC(=O)N(c5ccc([N+](=O)[O-])cc5)C4)cc3)C(=O)[C@@H]2C1. The van der Waals surface area contributed by atoms with Crippen LogP contribution in [0.5, 0.6) is 5.75 Å². The molecule has 0 radical (unpaired) electrons. The van der Waals surface area contributed by atoms with Crippen LogP contribution in [0.4, 0.5) is 17.1 Å². The number of benzene rings is 2. The first-order chi connectivity index (χ1) is 17.2. The fourth-order valence-electron chi connectivity index (χ4n) is 5.38. The second-order valence-corrected chi connectivity index (χ2v) is 9.74. The van der Waals surface area contributed by atoms with E-state index in [-0.39, 0.29) is 54.0 Å². The van der Waals surface area contributed by atoms with Gasteiger partial charge >= 0.3 is 5.97 Å². The lowest BCUT2D eigenvalue weighted by Crippen LogP contribution is -2.30. The number of nitro groups is 1. The Morgan fingerprint density at radius 2 is 1.58 bits per heavy atom. The minimum Gasteiger partial charge on any atom is -0.426 e. The zero-order valence-electron chi connectivity index (χ0n) is 19.7. The highest BCUT2D eigenvalue weighted by molar-refractivity contribution is 6.22. The summed E-state index contributed by atoms with van der Waals surface area (Å²) in [5.41, 5.74) is 0.836. The molecule has 0 N–H and O–H groups in total. The number of hydrogen-bond donors (Lipinski definition) is 0. The molecule has 0 spiro atoms. The van der Waals surface area contributed by atoms with E-state index in [4.69, 9.17) is 4.74 Å². The first-order valence-corrected chi connectivity index (χ1v) is 12.0. The Morgan fingerprint density at radius 3 is 2.25 bits per heavy atom. The van der Waals surface area contributed by atoms with Gasteiger partial charge in [-0.05, 0) is 61.6 Å². The number of carbonyl (C=O) groups excluding carboxylic acids is 4. The molecule has 5 rings (SSSR count). The maximum absolute atomic E-state index is 12.9. The number of hydrogen-bond acceptors (Lipinski definition) is 7. The number of fused-ring (bicyclic) bond motifs is 1. The van der Waals surface area contributed by atoms with Gasteiger partial charge in [0.2, 0.25) is 17.7 Å². The third kappa shape index (κ3) is 4.23. The third-order valence-corrected chi connectivity index (χ3v) is 7.33. The van der Waals surface area contributed by atoms with Crippen molar-refractivity contribution in [2.75, 3.05) is 16.3 Å². The van der Waals surface area contributed by atoms with Gasteiger partial charge in [-0.25, -0.2) is 0 Å². The molecule has 186 valence electrons. The molecule has 0 aromatic heterocycles. The van der Waals surface area contributed by atoms with Gasteiger partial charge in [0.15, 0.2) is 0 Å². The number of rotatable bonds is 5. The van der Waals surface area contributed by atoms with Crippen LogP contribution in [0.25, 0.3) is 0 Å². The monoisotopic (exact) mass is 491 g/mol. The van der Waals surface area contributed by atoms with E-state index in [2.05, 4.69) is 6.92 Å². The molecule has 3 aliphatic rings. The van der Waals surface area contributed by atoms with E-state index in [1.165, 1.54) is 46.2 Å². The van der Waals surface area contributed by atoms with Gasteiger partial charge in [-0.1, -0.05) is 6.92 Å². The van der Waals surface area contributed by atoms with Crippen molar-refractivity contribution >= 4 is 40.8 Å². The Bertz CT molecular complexity index is 1240. The standard InChI is InChI=1S/C26H25N3O7/c1-15-2-11-21-22(12-15)25(32)28(24(21)31)18-7-9-20(10-8-18)36-26(33)16-13-23(30)27(14-16)17-3-5-19(6-4-17)29(34)35/h3-10,15-16,21-22H,2,11-14H2,1H3/t15-,16-,21+,22-/m1/s1. The largest absolute Gasteiger partial charge is 0.426 e. The molecule has 2 saturated heterocycles. The maximum atomic E-state index is 12.9. The number of carbonyl (C=O) groups is 4. The van der Waals surface area contributed by atoms with Crippen molar-refractivity contribution in [3.8, 4) is 5.75 Å². The van der Waals surface area contributed by atoms with Crippen molar-refractivity contribution in [3.05, 3.63) is 58.6 Å². The van der Waals surface area contributed by atoms with Gasteiger partial charge in [-0.2, -0.15) is 0 Å². The second-order valence-electron chi connectivity index (χ2n) is 9.74. The van der Waals surface area contributed by atoms with Gasteiger partial charge in [-0.3, -0.25) is 34.2 Å². The van der Waals surface area contributed by atoms with Crippen molar-refractivity contribution in [1.29, 1.82) is 0 Å². The number of non-ortho nitro benzene ring substituents is 1. The van der Waals surface area contributed by atoms with Gasteiger partial charge < -0.3 is 9.64 Å². The van der Waals surface area contributed by atoms with Crippen LogP contribution >= 0.6 is 0 Å². The number of ether oxygens (including phenoxy) is 1. The molecular weight excluding hydrogens is 466 g/mol. The molecule has 0 unspecified atom stereocenters. The Kier molecular flexibility index (Phi) is 6.03. The number of esters is 1. The predicted molar refractivity (Wildman–Crippen MR) is 128 cm³/mol. The van der Waals surface area contributed by atoms with Gasteiger partial charge in [0, 0.05) is 30.8 Å². The Morgan fingerprint density at radius 1 is 0.944 bits per heavy atom. The van der Waals surface area contributed by atoms with E-state index in [0.29, 0.717) is 17.3 Å². The molecule has 4 atom stereocenters. The molecule has 10 nitrogen and oxygen atoms in total. The van der Waals surface area contributed by atoms with Gasteiger partial charge in [0.05, 0.1) is 28.4 Å². The fourth-order valence-corrected chi connectivity index (χ4v) is 5.38. The minimum absolute atomic E-state index is 0.0358. The third-order valence-electron chi connectivity index (χ3n) is 7.33. The molecule has 2 heterocycles. The lowest BCUT2D eigenvalue weighted by atomic mass is 9.76. The Labute approximate surface area is 207 Å². The van der Waals surface area contributed by atoms with Crippen LogP contribution in [0.15, 0.2) is 48.5 Å². The molecule has 2 aromatic rings. The summed E-state index contributed by atoms with van der Waals surface area (Å²) in [5, 5.41) is 10.8. The van der Waals surface area contributed by atoms with Crippen LogP contribution in [-0.4, -0.2) is 35.2 Å². The van der Waals surface area contributed by atoms with E-state index in [1.807, 2.05) is 0 Å². The molecule has 2 aromatic carbocycles. The van der Waals surface area contributed by atoms with E-state index in [9.17, 15) is 29.3 Å². The zero-order valence-corrected chi connectivity index (χ0v) is 19.7. The Balaban J connectivity index is 1.23. The van der Waals surface area contributed by atoms with Crippen molar-refractivity contribution in [3.63, 3.8) is 0 Å². The van der Waals surface area contributed by atoms with E-state index in [1.54, 1.807) is 12.1 Å². The quantitative estimate of drug-likeness (QED) is 0.206. The van der Waals surface area contributed by atoms with Crippen molar-refractivity contribution < 1.29 is 28.8 Å². The number of amides is 3. The summed E-state index contributed by atoms with van der Waals surface area (Å²) >= 11 is 0. The van der Waals surface area contributed by atoms with Crippen molar-refractivity contribution in [1.82, 2.24) is 0 Å². The highest BCUT2D eigenvalue weighted by Crippen LogP contribution is 2.42. The van der Waals surface area contributed by atoms with Crippen LogP contribution < -0.4 is 14.5 Å². The minimum atomic E-state index is -0.695. The fraction of sp³-hybridized carbons (Fsp3) is 0.385. The summed E-state index contributed by atoms with van der Waals surface area (Å²) in [4.78, 5) is 63.9. The average molecular weight is 492 g/mol. The maximum Gasteiger partial charge on any atom is 0.316 e. The predicted octanol–water partition coefficient (Wildman–Crippen LogP) is 3.48. The van der Waals surface area contributed by atoms with E-state index < -0.39 is 16.8 Å². The molecule has 0 bridgehead atoms. The number of anilines is 2. The number of nitrogens with zero attached hydrogens (tertiary/aromatic N) is 3. The molecule has 2 aliphatic heterocycles. The summed E-state index contributed by atoms with van der Waals surface area (Å²) in [6.07, 6.45) is 2.35. The topological polar surface area (TPSA) is 127 Å². The smallest absolute Gasteiger partial charge is 0.316 e.